The van der Waals surface area contributed by atoms with Gasteiger partial charge in [0, 0.05) is 12.5 Å². The van der Waals surface area contributed by atoms with Crippen LogP contribution in [0.25, 0.3) is 0 Å². The summed E-state index contributed by atoms with van der Waals surface area (Å²) in [6.45, 7) is 7.52. The third-order valence-corrected chi connectivity index (χ3v) is 4.54. The first-order valence-electron chi connectivity index (χ1n) is 7.74. The number of H-pyrrole nitrogens is 1. The fourth-order valence-electron chi connectivity index (χ4n) is 2.44. The molecule has 2 aromatic rings. The van der Waals surface area contributed by atoms with Crippen molar-refractivity contribution < 1.29 is 9.53 Å². The second-order valence-electron chi connectivity index (χ2n) is 5.75. The Labute approximate surface area is 138 Å². The molecule has 3 rings (SSSR count). The second-order valence-corrected chi connectivity index (χ2v) is 6.50. The van der Waals surface area contributed by atoms with Crippen LogP contribution in [0.3, 0.4) is 0 Å². The molecule has 1 amide bonds. The van der Waals surface area contributed by atoms with Crippen LogP contribution in [0.15, 0.2) is 0 Å². The maximum atomic E-state index is 12.7. The van der Waals surface area contributed by atoms with Crippen molar-refractivity contribution in [1.82, 2.24) is 29.7 Å². The lowest BCUT2D eigenvalue weighted by Gasteiger charge is -2.31. The van der Waals surface area contributed by atoms with Gasteiger partial charge in [0.05, 0.1) is 18.8 Å². The zero-order chi connectivity index (χ0) is 16.4. The monoisotopic (exact) mass is 336 g/mol. The Hall–Kier alpha value is -1.87. The van der Waals surface area contributed by atoms with E-state index in [2.05, 4.69) is 24.8 Å². The number of aryl methyl sites for hydroxylation is 1. The molecule has 3 heterocycles. The minimum atomic E-state index is -0.279. The first-order valence-corrected chi connectivity index (χ1v) is 8.51. The molecular weight excluding hydrogens is 316 g/mol. The third kappa shape index (κ3) is 3.25. The maximum absolute atomic E-state index is 12.7. The van der Waals surface area contributed by atoms with Crippen molar-refractivity contribution in [3.05, 3.63) is 22.2 Å². The quantitative estimate of drug-likeness (QED) is 0.910. The Balaban J connectivity index is 1.74. The Bertz CT molecular complexity index is 682. The zero-order valence-electron chi connectivity index (χ0n) is 13.4. The fraction of sp³-hybridized carbons (Fsp3) is 0.643. The average molecular weight is 336 g/mol. The number of nitrogens with one attached hydrogen (secondary N) is 1. The molecule has 8 nitrogen and oxygen atoms in total. The number of carbonyl (C=O) groups is 1. The highest BCUT2D eigenvalue weighted by Crippen LogP contribution is 2.23. The van der Waals surface area contributed by atoms with E-state index in [1.807, 2.05) is 20.8 Å². The molecule has 2 aromatic heterocycles. The zero-order valence-corrected chi connectivity index (χ0v) is 14.3. The van der Waals surface area contributed by atoms with Gasteiger partial charge in [-0.2, -0.15) is 5.10 Å². The number of aromatic amines is 1. The topological polar surface area (TPSA) is 96.9 Å². The van der Waals surface area contributed by atoms with E-state index in [1.54, 1.807) is 4.90 Å². The van der Waals surface area contributed by atoms with Crippen LogP contribution in [0, 0.1) is 0 Å². The van der Waals surface area contributed by atoms with Gasteiger partial charge in [-0.1, -0.05) is 25.3 Å². The van der Waals surface area contributed by atoms with Gasteiger partial charge in [-0.15, -0.1) is 5.10 Å². The molecule has 124 valence electrons. The summed E-state index contributed by atoms with van der Waals surface area (Å²) in [5.74, 6) is 1.64. The largest absolute Gasteiger partial charge is 0.367 e. The lowest BCUT2D eigenvalue weighted by molar-refractivity contribution is -0.0265. The van der Waals surface area contributed by atoms with Gasteiger partial charge < -0.3 is 9.64 Å². The van der Waals surface area contributed by atoms with E-state index in [1.165, 1.54) is 0 Å². The molecule has 0 spiro atoms. The number of carbonyl (C=O) groups excluding carboxylic acids is 1. The van der Waals surface area contributed by atoms with Crippen LogP contribution < -0.4 is 0 Å². The van der Waals surface area contributed by atoms with E-state index < -0.39 is 0 Å². The van der Waals surface area contributed by atoms with E-state index in [0.717, 1.165) is 23.1 Å². The van der Waals surface area contributed by atoms with Gasteiger partial charge in [-0.3, -0.25) is 9.89 Å². The maximum Gasteiger partial charge on any atom is 0.267 e. The molecule has 0 aliphatic carbocycles. The van der Waals surface area contributed by atoms with Crippen LogP contribution in [0.1, 0.15) is 59.8 Å². The molecule has 0 aromatic carbocycles. The summed E-state index contributed by atoms with van der Waals surface area (Å²) >= 11 is 1.15. The molecule has 9 heteroatoms. The normalized spacial score (nSPS) is 18.6. The van der Waals surface area contributed by atoms with Crippen LogP contribution >= 0.6 is 11.5 Å². The van der Waals surface area contributed by atoms with Gasteiger partial charge in [-0.25, -0.2) is 4.98 Å². The number of amides is 1. The van der Waals surface area contributed by atoms with Gasteiger partial charge in [-0.05, 0) is 18.0 Å². The molecule has 0 bridgehead atoms. The number of hydrogen-bond acceptors (Lipinski definition) is 7. The van der Waals surface area contributed by atoms with Gasteiger partial charge in [0.1, 0.15) is 11.0 Å². The van der Waals surface area contributed by atoms with Gasteiger partial charge in [0.25, 0.3) is 5.91 Å². The SMILES string of the molecule is CCc1nnsc1C(=O)N1CCOC(c2nc(C(C)C)n[nH]2)C1. The lowest BCUT2D eigenvalue weighted by Crippen LogP contribution is -2.42. The summed E-state index contributed by atoms with van der Waals surface area (Å²) in [6, 6.07) is 0. The van der Waals surface area contributed by atoms with E-state index >= 15 is 0 Å². The summed E-state index contributed by atoms with van der Waals surface area (Å²) in [5.41, 5.74) is 0.754. The van der Waals surface area contributed by atoms with Crippen molar-refractivity contribution in [1.29, 1.82) is 0 Å². The summed E-state index contributed by atoms with van der Waals surface area (Å²) in [6.07, 6.45) is 0.421. The average Bonchev–Trinajstić information content (AvgIpc) is 3.23. The van der Waals surface area contributed by atoms with Crippen molar-refractivity contribution in [2.75, 3.05) is 19.7 Å². The first-order chi connectivity index (χ1) is 11.1. The van der Waals surface area contributed by atoms with Crippen LogP contribution in [0.5, 0.6) is 0 Å². The lowest BCUT2D eigenvalue weighted by atomic mass is 10.2. The summed E-state index contributed by atoms with van der Waals surface area (Å²) in [5, 5.41) is 11.1. The van der Waals surface area contributed by atoms with Crippen LogP contribution in [0.2, 0.25) is 0 Å². The number of nitrogens with zero attached hydrogens (tertiary/aromatic N) is 5. The molecule has 1 unspecified atom stereocenters. The Morgan fingerprint density at radius 1 is 1.52 bits per heavy atom. The predicted octanol–water partition coefficient (Wildman–Crippen LogP) is 1.56. The Morgan fingerprint density at radius 3 is 3.04 bits per heavy atom. The van der Waals surface area contributed by atoms with Crippen LogP contribution in [-0.2, 0) is 11.2 Å². The van der Waals surface area contributed by atoms with E-state index in [0.29, 0.717) is 36.8 Å². The van der Waals surface area contributed by atoms with E-state index in [9.17, 15) is 4.79 Å². The van der Waals surface area contributed by atoms with Crippen LogP contribution in [0.4, 0.5) is 0 Å². The van der Waals surface area contributed by atoms with Gasteiger partial charge in [0.15, 0.2) is 11.6 Å². The molecule has 1 aliphatic heterocycles. The third-order valence-electron chi connectivity index (χ3n) is 3.78. The molecule has 23 heavy (non-hydrogen) atoms. The van der Waals surface area contributed by atoms with Gasteiger partial charge in [0.2, 0.25) is 0 Å². The smallest absolute Gasteiger partial charge is 0.267 e. The molecule has 1 saturated heterocycles. The Kier molecular flexibility index (Phi) is 4.67. The molecule has 0 radical (unpaired) electrons. The van der Waals surface area contributed by atoms with E-state index in [4.69, 9.17) is 4.74 Å². The first kappa shape index (κ1) is 16.0. The minimum absolute atomic E-state index is 0.0336. The number of morpholine rings is 1. The second kappa shape index (κ2) is 6.71. The van der Waals surface area contributed by atoms with Crippen molar-refractivity contribution >= 4 is 17.4 Å². The Morgan fingerprint density at radius 2 is 2.35 bits per heavy atom. The number of aromatic nitrogens is 5. The van der Waals surface area contributed by atoms with Crippen molar-refractivity contribution in [2.24, 2.45) is 0 Å². The summed E-state index contributed by atoms with van der Waals surface area (Å²) in [4.78, 5) is 19.6. The van der Waals surface area contributed by atoms with Crippen molar-refractivity contribution in [3.8, 4) is 0 Å². The highest BCUT2D eigenvalue weighted by molar-refractivity contribution is 7.08. The van der Waals surface area contributed by atoms with Crippen molar-refractivity contribution in [3.63, 3.8) is 0 Å². The number of ether oxygens (including phenoxy) is 1. The van der Waals surface area contributed by atoms with E-state index in [-0.39, 0.29) is 17.9 Å². The van der Waals surface area contributed by atoms with Gasteiger partial charge >= 0.3 is 0 Å². The highest BCUT2D eigenvalue weighted by atomic mass is 32.1. The molecule has 1 atom stereocenters. The summed E-state index contributed by atoms with van der Waals surface area (Å²) < 4.78 is 9.65. The molecule has 1 N–H and O–H groups in total. The minimum Gasteiger partial charge on any atom is -0.367 e. The van der Waals surface area contributed by atoms with Crippen molar-refractivity contribution in [2.45, 2.75) is 39.2 Å². The highest BCUT2D eigenvalue weighted by Gasteiger charge is 2.30. The molecular formula is C14H20N6O2S. The predicted molar refractivity (Wildman–Crippen MR) is 84.4 cm³/mol. The summed E-state index contributed by atoms with van der Waals surface area (Å²) in [7, 11) is 0. The number of hydrogen-bond donors (Lipinski definition) is 1. The molecule has 1 aliphatic rings. The number of rotatable bonds is 4. The fourth-order valence-corrected chi connectivity index (χ4v) is 3.15. The van der Waals surface area contributed by atoms with Crippen LogP contribution in [-0.4, -0.2) is 55.3 Å². The standard InChI is InChI=1S/C14H20N6O2S/c1-4-9-11(23-19-16-9)14(21)20-5-6-22-10(7-20)13-15-12(8(2)3)17-18-13/h8,10H,4-7H2,1-3H3,(H,15,17,18). The molecule has 0 saturated carbocycles. The molecule has 1 fully saturated rings.